The number of nitrogens with zero attached hydrogens (tertiary/aromatic N) is 3. The molecule has 3 N–H and O–H groups in total. The molecule has 0 fully saturated rings. The zero-order chi connectivity index (χ0) is 12.3. The molecule has 5 nitrogen and oxygen atoms in total. The summed E-state index contributed by atoms with van der Waals surface area (Å²) in [6.45, 7) is 0.586. The Kier molecular flexibility index (Phi) is 3.30. The van der Waals surface area contributed by atoms with Gasteiger partial charge in [-0.15, -0.1) is 0 Å². The van der Waals surface area contributed by atoms with Crippen molar-refractivity contribution in [1.29, 1.82) is 0 Å². The van der Waals surface area contributed by atoms with Crippen molar-refractivity contribution >= 4 is 17.4 Å². The van der Waals surface area contributed by atoms with Gasteiger partial charge in [-0.3, -0.25) is 4.68 Å². The lowest BCUT2D eigenvalue weighted by molar-refractivity contribution is 0.318. The second-order valence-corrected chi connectivity index (χ2v) is 3.90. The normalized spacial score (nSPS) is 11.7. The first-order valence-corrected chi connectivity index (χ1v) is 5.32. The van der Waals surface area contributed by atoms with Crippen LogP contribution < -0.4 is 5.73 Å². The lowest BCUT2D eigenvalue weighted by atomic mass is 10.1. The van der Waals surface area contributed by atoms with Crippen molar-refractivity contribution in [1.82, 2.24) is 9.78 Å². The van der Waals surface area contributed by atoms with Crippen molar-refractivity contribution in [2.75, 3.05) is 0 Å². The van der Waals surface area contributed by atoms with Crippen LogP contribution in [-0.4, -0.2) is 20.8 Å². The Balaban J connectivity index is 2.26. The number of amidine groups is 1. The minimum absolute atomic E-state index is 0.0394. The minimum Gasteiger partial charge on any atom is -0.409 e. The molecule has 1 aromatic heterocycles. The first-order valence-electron chi connectivity index (χ1n) is 4.94. The van der Waals surface area contributed by atoms with Gasteiger partial charge in [-0.05, 0) is 17.7 Å². The lowest BCUT2D eigenvalue weighted by Gasteiger charge is -2.06. The third kappa shape index (κ3) is 2.57. The number of hydrogen-bond donors (Lipinski definition) is 2. The zero-order valence-corrected chi connectivity index (χ0v) is 9.67. The van der Waals surface area contributed by atoms with Gasteiger partial charge in [-0.1, -0.05) is 28.9 Å². The van der Waals surface area contributed by atoms with Gasteiger partial charge in [-0.2, -0.15) is 5.10 Å². The molecule has 0 aliphatic rings. The Bertz CT molecular complexity index is 536. The molecule has 0 bridgehead atoms. The molecular weight excluding hydrogens is 240 g/mol. The largest absolute Gasteiger partial charge is 0.409 e. The molecular formula is C11H11ClN4O. The van der Waals surface area contributed by atoms with E-state index in [1.165, 1.54) is 0 Å². The number of halogens is 1. The number of benzene rings is 1. The molecule has 88 valence electrons. The molecule has 0 saturated heterocycles. The number of rotatable bonds is 3. The highest BCUT2D eigenvalue weighted by Gasteiger charge is 2.05. The Labute approximate surface area is 103 Å². The third-order valence-electron chi connectivity index (χ3n) is 2.35. The summed E-state index contributed by atoms with van der Waals surface area (Å²) in [4.78, 5) is 0. The van der Waals surface area contributed by atoms with Crippen LogP contribution in [0.15, 0.2) is 41.8 Å². The van der Waals surface area contributed by atoms with Gasteiger partial charge in [0.2, 0.25) is 0 Å². The topological polar surface area (TPSA) is 76.4 Å². The molecule has 0 aliphatic carbocycles. The molecule has 17 heavy (non-hydrogen) atoms. The number of oxime groups is 1. The van der Waals surface area contributed by atoms with Gasteiger partial charge < -0.3 is 10.9 Å². The monoisotopic (exact) mass is 250 g/mol. The molecule has 0 radical (unpaired) electrons. The summed E-state index contributed by atoms with van der Waals surface area (Å²) >= 11 is 6.11. The smallest absolute Gasteiger partial charge is 0.170 e. The van der Waals surface area contributed by atoms with Crippen LogP contribution in [0.25, 0.3) is 0 Å². The van der Waals surface area contributed by atoms with E-state index in [0.717, 1.165) is 5.56 Å². The Hall–Kier alpha value is -2.01. The predicted octanol–water partition coefficient (Wildman–Crippen LogP) is 1.68. The quantitative estimate of drug-likeness (QED) is 0.377. The van der Waals surface area contributed by atoms with E-state index in [1.54, 1.807) is 23.0 Å². The van der Waals surface area contributed by atoms with E-state index < -0.39 is 0 Å². The summed E-state index contributed by atoms with van der Waals surface area (Å²) in [6.07, 6.45) is 3.56. The van der Waals surface area contributed by atoms with Crippen molar-refractivity contribution in [3.8, 4) is 0 Å². The number of hydrogen-bond acceptors (Lipinski definition) is 3. The molecule has 1 aromatic carbocycles. The molecule has 0 atom stereocenters. The summed E-state index contributed by atoms with van der Waals surface area (Å²) < 4.78 is 1.77. The van der Waals surface area contributed by atoms with E-state index in [4.69, 9.17) is 22.5 Å². The highest BCUT2D eigenvalue weighted by molar-refractivity contribution is 6.31. The minimum atomic E-state index is 0.0394. The van der Waals surface area contributed by atoms with Crippen molar-refractivity contribution < 1.29 is 5.21 Å². The first-order chi connectivity index (χ1) is 8.20. The van der Waals surface area contributed by atoms with Gasteiger partial charge in [0.15, 0.2) is 5.84 Å². The van der Waals surface area contributed by atoms with Crippen LogP contribution in [-0.2, 0) is 6.54 Å². The van der Waals surface area contributed by atoms with Crippen LogP contribution in [0, 0.1) is 0 Å². The maximum Gasteiger partial charge on any atom is 0.170 e. The van der Waals surface area contributed by atoms with Gasteiger partial charge >= 0.3 is 0 Å². The molecule has 1 heterocycles. The van der Waals surface area contributed by atoms with E-state index in [1.807, 2.05) is 18.3 Å². The van der Waals surface area contributed by atoms with Crippen LogP contribution in [0.3, 0.4) is 0 Å². The van der Waals surface area contributed by atoms with Crippen molar-refractivity contribution in [2.24, 2.45) is 10.9 Å². The maximum atomic E-state index is 8.56. The highest BCUT2D eigenvalue weighted by atomic mass is 35.5. The maximum absolute atomic E-state index is 8.56. The lowest BCUT2D eigenvalue weighted by Crippen LogP contribution is -2.13. The fraction of sp³-hybridized carbons (Fsp3) is 0.0909. The standard InChI is InChI=1S/C11H11ClN4O/c12-10-6-8(11(13)15-17)2-3-9(10)7-16-5-1-4-14-16/h1-6,17H,7H2,(H2,13,15). The Morgan fingerprint density at radius 3 is 2.94 bits per heavy atom. The number of aromatic nitrogens is 2. The van der Waals surface area contributed by atoms with Crippen LogP contribution >= 0.6 is 11.6 Å². The second kappa shape index (κ2) is 4.88. The van der Waals surface area contributed by atoms with Gasteiger partial charge in [0.05, 0.1) is 6.54 Å². The summed E-state index contributed by atoms with van der Waals surface area (Å²) in [5.74, 6) is 0.0394. The molecule has 0 amide bonds. The summed E-state index contributed by atoms with van der Waals surface area (Å²) in [5.41, 5.74) is 6.98. The van der Waals surface area contributed by atoms with Gasteiger partial charge in [0, 0.05) is 23.0 Å². The van der Waals surface area contributed by atoms with E-state index in [-0.39, 0.29) is 5.84 Å². The van der Waals surface area contributed by atoms with Crippen molar-refractivity contribution in [3.05, 3.63) is 52.8 Å². The molecule has 0 aliphatic heterocycles. The van der Waals surface area contributed by atoms with E-state index in [9.17, 15) is 0 Å². The Morgan fingerprint density at radius 1 is 1.53 bits per heavy atom. The van der Waals surface area contributed by atoms with E-state index in [0.29, 0.717) is 17.1 Å². The molecule has 6 heteroatoms. The first kappa shape index (κ1) is 11.5. The summed E-state index contributed by atoms with van der Waals surface area (Å²) in [5, 5.41) is 16.1. The van der Waals surface area contributed by atoms with Gasteiger partial charge in [0.25, 0.3) is 0 Å². The summed E-state index contributed by atoms with van der Waals surface area (Å²) in [6, 6.07) is 7.09. The second-order valence-electron chi connectivity index (χ2n) is 3.50. The van der Waals surface area contributed by atoms with Gasteiger partial charge in [0.1, 0.15) is 0 Å². The molecule has 2 aromatic rings. The molecule has 0 saturated carbocycles. The van der Waals surface area contributed by atoms with E-state index >= 15 is 0 Å². The molecule has 2 rings (SSSR count). The SMILES string of the molecule is N/C(=N/O)c1ccc(Cn2cccn2)c(Cl)c1. The van der Waals surface area contributed by atoms with Crippen LogP contribution in [0.2, 0.25) is 5.02 Å². The average molecular weight is 251 g/mol. The molecule has 0 spiro atoms. The zero-order valence-electron chi connectivity index (χ0n) is 8.92. The van der Waals surface area contributed by atoms with Crippen molar-refractivity contribution in [2.45, 2.75) is 6.54 Å². The van der Waals surface area contributed by atoms with E-state index in [2.05, 4.69) is 10.3 Å². The predicted molar refractivity (Wildman–Crippen MR) is 65.3 cm³/mol. The van der Waals surface area contributed by atoms with Crippen LogP contribution in [0.4, 0.5) is 0 Å². The summed E-state index contributed by atoms with van der Waals surface area (Å²) in [7, 11) is 0. The number of nitrogens with two attached hydrogens (primary N) is 1. The average Bonchev–Trinajstić information content (AvgIpc) is 2.83. The third-order valence-corrected chi connectivity index (χ3v) is 2.70. The van der Waals surface area contributed by atoms with Crippen LogP contribution in [0.5, 0.6) is 0 Å². The fourth-order valence-corrected chi connectivity index (χ4v) is 1.70. The van der Waals surface area contributed by atoms with Crippen LogP contribution in [0.1, 0.15) is 11.1 Å². The highest BCUT2D eigenvalue weighted by Crippen LogP contribution is 2.18. The fourth-order valence-electron chi connectivity index (χ4n) is 1.46. The van der Waals surface area contributed by atoms with Crippen molar-refractivity contribution in [3.63, 3.8) is 0 Å². The Morgan fingerprint density at radius 2 is 2.35 bits per heavy atom. The van der Waals surface area contributed by atoms with Gasteiger partial charge in [-0.25, -0.2) is 0 Å². The molecule has 0 unspecified atom stereocenters.